The second-order valence-electron chi connectivity index (χ2n) is 4.87. The third-order valence-corrected chi connectivity index (χ3v) is 2.31. The number of hydrogen-bond donors (Lipinski definition) is 1. The minimum absolute atomic E-state index is 0.155. The van der Waals surface area contributed by atoms with Gasteiger partial charge in [0.1, 0.15) is 0 Å². The van der Waals surface area contributed by atoms with E-state index in [9.17, 15) is 5.11 Å². The average molecular weight is 174 g/mol. The Morgan fingerprint density at radius 1 is 1.17 bits per heavy atom. The van der Waals surface area contributed by atoms with Crippen molar-refractivity contribution >= 4 is 0 Å². The van der Waals surface area contributed by atoms with E-state index in [0.717, 1.165) is 10.9 Å². The first-order chi connectivity index (χ1) is 5.33. The molecule has 0 spiro atoms. The second kappa shape index (κ2) is 4.83. The fraction of sp³-hybridized carbons (Fsp3) is 1.00. The summed E-state index contributed by atoms with van der Waals surface area (Å²) in [5.74, 6) is 0.441. The van der Waals surface area contributed by atoms with Crippen molar-refractivity contribution in [2.75, 3.05) is 27.7 Å². The van der Waals surface area contributed by atoms with E-state index in [2.05, 4.69) is 28.1 Å². The molecule has 74 valence electrons. The highest BCUT2D eigenvalue weighted by Gasteiger charge is 2.11. The van der Waals surface area contributed by atoms with Crippen LogP contribution in [0.3, 0.4) is 0 Å². The average Bonchev–Trinajstić information content (AvgIpc) is 1.84. The van der Waals surface area contributed by atoms with E-state index < -0.39 is 0 Å². The zero-order valence-electron chi connectivity index (χ0n) is 9.17. The van der Waals surface area contributed by atoms with Gasteiger partial charge in [-0.2, -0.15) is 0 Å². The summed E-state index contributed by atoms with van der Waals surface area (Å²) in [4.78, 5) is 0. The van der Waals surface area contributed by atoms with Crippen molar-refractivity contribution < 1.29 is 9.59 Å². The monoisotopic (exact) mass is 174 g/mol. The summed E-state index contributed by atoms with van der Waals surface area (Å²) in [6.07, 6.45) is 2.18. The van der Waals surface area contributed by atoms with Crippen LogP contribution in [0.5, 0.6) is 0 Å². The molecule has 0 aliphatic heterocycles. The number of hydrogen-bond acceptors (Lipinski definition) is 1. The van der Waals surface area contributed by atoms with Gasteiger partial charge in [0, 0.05) is 0 Å². The van der Waals surface area contributed by atoms with Crippen LogP contribution in [0.2, 0.25) is 0 Å². The van der Waals surface area contributed by atoms with Crippen LogP contribution in [0.25, 0.3) is 0 Å². The van der Waals surface area contributed by atoms with Crippen molar-refractivity contribution in [2.45, 2.75) is 32.8 Å². The van der Waals surface area contributed by atoms with Crippen LogP contribution in [0.15, 0.2) is 0 Å². The van der Waals surface area contributed by atoms with Crippen molar-refractivity contribution in [1.82, 2.24) is 0 Å². The molecule has 0 radical (unpaired) electrons. The van der Waals surface area contributed by atoms with Gasteiger partial charge in [-0.1, -0.05) is 6.92 Å². The van der Waals surface area contributed by atoms with E-state index in [1.165, 1.54) is 13.0 Å². The summed E-state index contributed by atoms with van der Waals surface area (Å²) in [7, 11) is 6.60. The molecule has 0 aliphatic rings. The Hall–Kier alpha value is -0.0800. The molecule has 0 aliphatic carbocycles. The molecule has 2 heteroatoms. The molecule has 1 N–H and O–H groups in total. The lowest BCUT2D eigenvalue weighted by molar-refractivity contribution is -0.870. The van der Waals surface area contributed by atoms with Gasteiger partial charge in [0.15, 0.2) is 0 Å². The summed E-state index contributed by atoms with van der Waals surface area (Å²) in [5.41, 5.74) is 0. The SMILES string of the molecule is CC(O)C(C)CCC[N+](C)(C)C. The molecular weight excluding hydrogens is 150 g/mol. The van der Waals surface area contributed by atoms with Crippen LogP contribution in [0.4, 0.5) is 0 Å². The van der Waals surface area contributed by atoms with Gasteiger partial charge in [-0.25, -0.2) is 0 Å². The number of quaternary nitrogens is 1. The highest BCUT2D eigenvalue weighted by molar-refractivity contribution is 4.58. The van der Waals surface area contributed by atoms with Crippen LogP contribution in [-0.2, 0) is 0 Å². The lowest BCUT2D eigenvalue weighted by Crippen LogP contribution is -2.35. The molecule has 0 aromatic rings. The molecular formula is C10H24NO+. The summed E-state index contributed by atoms with van der Waals surface area (Å²) >= 11 is 0. The van der Waals surface area contributed by atoms with Gasteiger partial charge in [0.25, 0.3) is 0 Å². The maximum absolute atomic E-state index is 9.25. The summed E-state index contributed by atoms with van der Waals surface area (Å²) in [6, 6.07) is 0. The number of aliphatic hydroxyl groups excluding tert-OH is 1. The molecule has 2 nitrogen and oxygen atoms in total. The Labute approximate surface area is 76.8 Å². The molecule has 0 aromatic carbocycles. The second-order valence-corrected chi connectivity index (χ2v) is 4.87. The molecule has 0 aromatic heterocycles. The first kappa shape index (κ1) is 11.9. The normalized spacial score (nSPS) is 17.5. The van der Waals surface area contributed by atoms with Gasteiger partial charge < -0.3 is 9.59 Å². The summed E-state index contributed by atoms with van der Waals surface area (Å²) < 4.78 is 1.02. The van der Waals surface area contributed by atoms with Gasteiger partial charge in [-0.3, -0.25) is 0 Å². The molecule has 0 rings (SSSR count). The Morgan fingerprint density at radius 3 is 2.00 bits per heavy atom. The zero-order chi connectivity index (χ0) is 9.78. The van der Waals surface area contributed by atoms with Crippen LogP contribution in [-0.4, -0.2) is 43.4 Å². The van der Waals surface area contributed by atoms with Gasteiger partial charge >= 0.3 is 0 Å². The van der Waals surface area contributed by atoms with Crippen molar-refractivity contribution in [1.29, 1.82) is 0 Å². The number of nitrogens with zero attached hydrogens (tertiary/aromatic N) is 1. The molecule has 0 amide bonds. The Morgan fingerprint density at radius 2 is 1.67 bits per heavy atom. The summed E-state index contributed by atoms with van der Waals surface area (Å²) in [5, 5.41) is 9.25. The first-order valence-electron chi connectivity index (χ1n) is 4.81. The lowest BCUT2D eigenvalue weighted by Gasteiger charge is -2.24. The quantitative estimate of drug-likeness (QED) is 0.626. The fourth-order valence-electron chi connectivity index (χ4n) is 1.13. The third-order valence-electron chi connectivity index (χ3n) is 2.31. The van der Waals surface area contributed by atoms with Crippen LogP contribution in [0, 0.1) is 5.92 Å². The van der Waals surface area contributed by atoms with Crippen molar-refractivity contribution in [3.05, 3.63) is 0 Å². The molecule has 0 heterocycles. The first-order valence-corrected chi connectivity index (χ1v) is 4.81. The zero-order valence-corrected chi connectivity index (χ0v) is 9.17. The molecule has 12 heavy (non-hydrogen) atoms. The molecule has 0 fully saturated rings. The molecule has 2 atom stereocenters. The fourth-order valence-corrected chi connectivity index (χ4v) is 1.13. The van der Waals surface area contributed by atoms with Gasteiger partial charge in [-0.05, 0) is 25.7 Å². The molecule has 0 saturated heterocycles. The van der Waals surface area contributed by atoms with Gasteiger partial charge in [-0.15, -0.1) is 0 Å². The standard InChI is InChI=1S/C10H24NO/c1-9(10(2)12)7-6-8-11(3,4)5/h9-10,12H,6-8H2,1-5H3/q+1. The van der Waals surface area contributed by atoms with E-state index in [1.807, 2.05) is 6.92 Å². The topological polar surface area (TPSA) is 20.2 Å². The van der Waals surface area contributed by atoms with Crippen LogP contribution >= 0.6 is 0 Å². The van der Waals surface area contributed by atoms with E-state index in [1.54, 1.807) is 0 Å². The van der Waals surface area contributed by atoms with E-state index in [0.29, 0.717) is 5.92 Å². The van der Waals surface area contributed by atoms with Crippen molar-refractivity contribution in [3.63, 3.8) is 0 Å². The van der Waals surface area contributed by atoms with Gasteiger partial charge in [0.2, 0.25) is 0 Å². The van der Waals surface area contributed by atoms with Gasteiger partial charge in [0.05, 0.1) is 33.8 Å². The van der Waals surface area contributed by atoms with Crippen LogP contribution in [0.1, 0.15) is 26.7 Å². The van der Waals surface area contributed by atoms with Crippen molar-refractivity contribution in [3.8, 4) is 0 Å². The van der Waals surface area contributed by atoms with Crippen molar-refractivity contribution in [2.24, 2.45) is 5.92 Å². The van der Waals surface area contributed by atoms with Crippen LogP contribution < -0.4 is 0 Å². The Balaban J connectivity index is 3.44. The minimum Gasteiger partial charge on any atom is -0.393 e. The summed E-state index contributed by atoms with van der Waals surface area (Å²) in [6.45, 7) is 5.17. The predicted molar refractivity (Wildman–Crippen MR) is 53.0 cm³/mol. The maximum Gasteiger partial charge on any atom is 0.0780 e. The largest absolute Gasteiger partial charge is 0.393 e. The highest BCUT2D eigenvalue weighted by atomic mass is 16.3. The Bertz CT molecular complexity index is 115. The molecule has 0 bridgehead atoms. The number of aliphatic hydroxyl groups is 1. The minimum atomic E-state index is -0.155. The molecule has 2 unspecified atom stereocenters. The van der Waals surface area contributed by atoms with E-state index in [4.69, 9.17) is 0 Å². The Kier molecular flexibility index (Phi) is 4.80. The lowest BCUT2D eigenvalue weighted by atomic mass is 10.0. The third kappa shape index (κ3) is 6.62. The molecule has 0 saturated carbocycles. The smallest absolute Gasteiger partial charge is 0.0780 e. The van der Waals surface area contributed by atoms with E-state index >= 15 is 0 Å². The maximum atomic E-state index is 9.25. The van der Waals surface area contributed by atoms with E-state index in [-0.39, 0.29) is 6.10 Å². The highest BCUT2D eigenvalue weighted by Crippen LogP contribution is 2.11. The number of rotatable bonds is 5. The predicted octanol–water partition coefficient (Wildman–Crippen LogP) is 1.49.